The molecule has 2 nitrogen and oxygen atoms in total. The van der Waals surface area contributed by atoms with Crippen molar-refractivity contribution in [1.29, 1.82) is 0 Å². The first-order valence-electron chi connectivity index (χ1n) is 7.75. The fourth-order valence-electron chi connectivity index (χ4n) is 3.60. The van der Waals surface area contributed by atoms with Crippen molar-refractivity contribution in [2.75, 3.05) is 12.3 Å². The highest BCUT2D eigenvalue weighted by atomic mass is 19.1. The van der Waals surface area contributed by atoms with Gasteiger partial charge in [-0.15, -0.1) is 0 Å². The molecular formula is C17H27FN2. The van der Waals surface area contributed by atoms with Crippen molar-refractivity contribution in [3.8, 4) is 0 Å². The molecule has 1 fully saturated rings. The molecule has 0 aliphatic heterocycles. The van der Waals surface area contributed by atoms with Crippen LogP contribution in [-0.2, 0) is 6.54 Å². The van der Waals surface area contributed by atoms with E-state index in [2.05, 4.69) is 19.2 Å². The van der Waals surface area contributed by atoms with Crippen LogP contribution in [0.1, 0.15) is 51.5 Å². The molecule has 0 unspecified atom stereocenters. The van der Waals surface area contributed by atoms with E-state index in [1.807, 2.05) is 6.07 Å². The zero-order chi connectivity index (χ0) is 14.6. The Labute approximate surface area is 121 Å². The summed E-state index contributed by atoms with van der Waals surface area (Å²) in [5.41, 5.74) is 7.15. The Balaban J connectivity index is 1.88. The number of nitrogen functional groups attached to an aromatic ring is 1. The van der Waals surface area contributed by atoms with Gasteiger partial charge in [0.05, 0.1) is 5.69 Å². The Kier molecular flexibility index (Phi) is 5.03. The van der Waals surface area contributed by atoms with Gasteiger partial charge in [-0.05, 0) is 48.3 Å². The van der Waals surface area contributed by atoms with Crippen molar-refractivity contribution in [2.24, 2.45) is 11.3 Å². The molecule has 1 aromatic rings. The van der Waals surface area contributed by atoms with Gasteiger partial charge in [0.25, 0.3) is 0 Å². The molecule has 0 atom stereocenters. The Bertz CT molecular complexity index is 437. The van der Waals surface area contributed by atoms with Gasteiger partial charge in [0.2, 0.25) is 0 Å². The highest BCUT2D eigenvalue weighted by Gasteiger charge is 2.33. The first-order valence-corrected chi connectivity index (χ1v) is 7.75. The van der Waals surface area contributed by atoms with Crippen LogP contribution in [0.15, 0.2) is 18.2 Å². The summed E-state index contributed by atoms with van der Waals surface area (Å²) in [5, 5.41) is 3.53. The van der Waals surface area contributed by atoms with Crippen molar-refractivity contribution in [3.05, 3.63) is 29.6 Å². The van der Waals surface area contributed by atoms with Crippen molar-refractivity contribution in [3.63, 3.8) is 0 Å². The molecule has 0 aromatic heterocycles. The van der Waals surface area contributed by atoms with Gasteiger partial charge in [-0.1, -0.05) is 32.8 Å². The highest BCUT2D eigenvalue weighted by Crippen LogP contribution is 2.42. The fourth-order valence-corrected chi connectivity index (χ4v) is 3.60. The maximum Gasteiger partial charge on any atom is 0.146 e. The number of nitrogens with one attached hydrogen (secondary N) is 1. The predicted octanol–water partition coefficient (Wildman–Crippen LogP) is 4.10. The summed E-state index contributed by atoms with van der Waals surface area (Å²) in [5.74, 6) is 0.422. The van der Waals surface area contributed by atoms with E-state index in [0.717, 1.165) is 24.6 Å². The first kappa shape index (κ1) is 15.3. The minimum atomic E-state index is -0.318. The van der Waals surface area contributed by atoms with Crippen LogP contribution in [0.5, 0.6) is 0 Å². The lowest BCUT2D eigenvalue weighted by atomic mass is 9.78. The molecule has 0 amide bonds. The molecule has 0 radical (unpaired) electrons. The van der Waals surface area contributed by atoms with E-state index in [1.54, 1.807) is 6.07 Å². The van der Waals surface area contributed by atoms with E-state index in [0.29, 0.717) is 5.41 Å². The fraction of sp³-hybridized carbons (Fsp3) is 0.647. The molecule has 20 heavy (non-hydrogen) atoms. The van der Waals surface area contributed by atoms with Gasteiger partial charge in [0.1, 0.15) is 5.82 Å². The predicted molar refractivity (Wildman–Crippen MR) is 82.9 cm³/mol. The number of hydrogen-bond acceptors (Lipinski definition) is 2. The number of nitrogens with two attached hydrogens (primary N) is 1. The Morgan fingerprint density at radius 2 is 2.00 bits per heavy atom. The van der Waals surface area contributed by atoms with Crippen LogP contribution in [0, 0.1) is 17.2 Å². The zero-order valence-corrected chi connectivity index (χ0v) is 12.7. The van der Waals surface area contributed by atoms with Crippen molar-refractivity contribution >= 4 is 5.69 Å². The second-order valence-corrected chi connectivity index (χ2v) is 6.76. The normalized spacial score (nSPS) is 17.8. The SMILES string of the molecule is CC(C)CC1(CNCc2ccc(N)c(F)c2)CCCC1. The maximum absolute atomic E-state index is 13.4. The highest BCUT2D eigenvalue weighted by molar-refractivity contribution is 5.41. The Morgan fingerprint density at radius 1 is 1.30 bits per heavy atom. The van der Waals surface area contributed by atoms with Crippen LogP contribution < -0.4 is 11.1 Å². The van der Waals surface area contributed by atoms with Crippen LogP contribution in [0.2, 0.25) is 0 Å². The van der Waals surface area contributed by atoms with E-state index in [-0.39, 0.29) is 11.5 Å². The van der Waals surface area contributed by atoms with Crippen LogP contribution >= 0.6 is 0 Å². The molecule has 1 aliphatic rings. The van der Waals surface area contributed by atoms with Gasteiger partial charge in [-0.3, -0.25) is 0 Å². The third-order valence-corrected chi connectivity index (χ3v) is 4.40. The molecule has 3 N–H and O–H groups in total. The standard InChI is InChI=1S/C17H27FN2/c1-13(2)10-17(7-3-4-8-17)12-20-11-14-5-6-16(19)15(18)9-14/h5-6,9,13,20H,3-4,7-8,10-12,19H2,1-2H3. The number of anilines is 1. The molecule has 2 rings (SSSR count). The van der Waals surface area contributed by atoms with Gasteiger partial charge < -0.3 is 11.1 Å². The molecule has 0 saturated heterocycles. The first-order chi connectivity index (χ1) is 9.51. The van der Waals surface area contributed by atoms with E-state index >= 15 is 0 Å². The lowest BCUT2D eigenvalue weighted by Crippen LogP contribution is -2.33. The van der Waals surface area contributed by atoms with Gasteiger partial charge >= 0.3 is 0 Å². The second kappa shape index (κ2) is 6.57. The van der Waals surface area contributed by atoms with E-state index < -0.39 is 0 Å². The third kappa shape index (κ3) is 3.95. The minimum Gasteiger partial charge on any atom is -0.396 e. The van der Waals surface area contributed by atoms with E-state index in [4.69, 9.17) is 5.73 Å². The molecule has 0 spiro atoms. The van der Waals surface area contributed by atoms with Gasteiger partial charge in [-0.2, -0.15) is 0 Å². The van der Waals surface area contributed by atoms with E-state index in [1.165, 1.54) is 38.2 Å². The molecule has 1 aromatic carbocycles. The summed E-state index contributed by atoms with van der Waals surface area (Å²) in [6, 6.07) is 5.08. The summed E-state index contributed by atoms with van der Waals surface area (Å²) in [6.45, 7) is 6.36. The lowest BCUT2D eigenvalue weighted by molar-refractivity contribution is 0.223. The lowest BCUT2D eigenvalue weighted by Gasteiger charge is -2.31. The summed E-state index contributed by atoms with van der Waals surface area (Å²) in [6.07, 6.45) is 6.65. The van der Waals surface area contributed by atoms with Crippen molar-refractivity contribution in [2.45, 2.75) is 52.5 Å². The quantitative estimate of drug-likeness (QED) is 0.769. The van der Waals surface area contributed by atoms with Crippen molar-refractivity contribution < 1.29 is 4.39 Å². The second-order valence-electron chi connectivity index (χ2n) is 6.76. The number of benzene rings is 1. The van der Waals surface area contributed by atoms with Crippen LogP contribution in [0.25, 0.3) is 0 Å². The van der Waals surface area contributed by atoms with Crippen molar-refractivity contribution in [1.82, 2.24) is 5.32 Å². The Hall–Kier alpha value is -1.09. The van der Waals surface area contributed by atoms with Gasteiger partial charge in [-0.25, -0.2) is 4.39 Å². The third-order valence-electron chi connectivity index (χ3n) is 4.40. The number of halogens is 1. The van der Waals surface area contributed by atoms with Crippen LogP contribution in [0.3, 0.4) is 0 Å². The molecule has 3 heteroatoms. The molecule has 0 heterocycles. The summed E-state index contributed by atoms with van der Waals surface area (Å²) >= 11 is 0. The van der Waals surface area contributed by atoms with Gasteiger partial charge in [0.15, 0.2) is 0 Å². The summed E-state index contributed by atoms with van der Waals surface area (Å²) in [4.78, 5) is 0. The maximum atomic E-state index is 13.4. The topological polar surface area (TPSA) is 38.0 Å². The monoisotopic (exact) mass is 278 g/mol. The average molecular weight is 278 g/mol. The number of rotatable bonds is 6. The number of hydrogen-bond donors (Lipinski definition) is 2. The smallest absolute Gasteiger partial charge is 0.146 e. The van der Waals surface area contributed by atoms with E-state index in [9.17, 15) is 4.39 Å². The van der Waals surface area contributed by atoms with Gasteiger partial charge in [0, 0.05) is 13.1 Å². The summed E-state index contributed by atoms with van der Waals surface area (Å²) < 4.78 is 13.4. The Morgan fingerprint density at radius 3 is 2.60 bits per heavy atom. The molecule has 1 saturated carbocycles. The molecular weight excluding hydrogens is 251 g/mol. The average Bonchev–Trinajstić information content (AvgIpc) is 2.81. The van der Waals surface area contributed by atoms with Crippen LogP contribution in [-0.4, -0.2) is 6.54 Å². The zero-order valence-electron chi connectivity index (χ0n) is 12.7. The molecule has 112 valence electrons. The molecule has 0 bridgehead atoms. The molecule has 1 aliphatic carbocycles. The largest absolute Gasteiger partial charge is 0.396 e. The van der Waals surface area contributed by atoms with Crippen LogP contribution in [0.4, 0.5) is 10.1 Å². The minimum absolute atomic E-state index is 0.223. The summed E-state index contributed by atoms with van der Waals surface area (Å²) in [7, 11) is 0.